The lowest BCUT2D eigenvalue weighted by Gasteiger charge is -2.28. The van der Waals surface area contributed by atoms with Gasteiger partial charge in [-0.2, -0.15) is 0 Å². The maximum atomic E-state index is 12.3. The minimum absolute atomic E-state index is 0.0827. The second-order valence-electron chi connectivity index (χ2n) is 6.29. The van der Waals surface area contributed by atoms with E-state index in [0.717, 1.165) is 19.3 Å². The Kier molecular flexibility index (Phi) is 6.20. The van der Waals surface area contributed by atoms with Crippen LogP contribution in [0.15, 0.2) is 18.2 Å². The van der Waals surface area contributed by atoms with Gasteiger partial charge < -0.3 is 20.7 Å². The van der Waals surface area contributed by atoms with Crippen molar-refractivity contribution >= 4 is 23.2 Å². The maximum absolute atomic E-state index is 12.3. The first-order valence-electron chi connectivity index (χ1n) is 8.52. The second-order valence-corrected chi connectivity index (χ2v) is 6.29. The van der Waals surface area contributed by atoms with E-state index in [1.807, 2.05) is 13.8 Å². The molecule has 3 N–H and O–H groups in total. The van der Waals surface area contributed by atoms with Gasteiger partial charge in [0.1, 0.15) is 5.75 Å². The lowest BCUT2D eigenvalue weighted by atomic mass is 9.99. The van der Waals surface area contributed by atoms with Crippen molar-refractivity contribution in [3.05, 3.63) is 18.2 Å². The van der Waals surface area contributed by atoms with Crippen molar-refractivity contribution in [3.8, 4) is 5.75 Å². The summed E-state index contributed by atoms with van der Waals surface area (Å²) in [6.07, 6.45) is 3.26. The van der Waals surface area contributed by atoms with Crippen molar-refractivity contribution in [2.24, 2.45) is 11.7 Å². The van der Waals surface area contributed by atoms with Crippen LogP contribution in [-0.2, 0) is 9.59 Å². The van der Waals surface area contributed by atoms with Gasteiger partial charge in [0.25, 0.3) is 0 Å². The average molecular weight is 333 g/mol. The van der Waals surface area contributed by atoms with Crippen LogP contribution >= 0.6 is 0 Å². The number of ether oxygens (including phenoxy) is 1. The normalized spacial score (nSPS) is 17.3. The Morgan fingerprint density at radius 2 is 2.17 bits per heavy atom. The van der Waals surface area contributed by atoms with Crippen LogP contribution in [0.4, 0.5) is 11.4 Å². The molecule has 1 aliphatic rings. The third kappa shape index (κ3) is 4.06. The van der Waals surface area contributed by atoms with Crippen LogP contribution in [0.3, 0.4) is 0 Å². The number of anilines is 2. The van der Waals surface area contributed by atoms with Crippen molar-refractivity contribution < 1.29 is 14.3 Å². The van der Waals surface area contributed by atoms with Gasteiger partial charge in [-0.15, -0.1) is 0 Å². The van der Waals surface area contributed by atoms with Crippen LogP contribution in [0.5, 0.6) is 5.75 Å². The largest absolute Gasteiger partial charge is 0.495 e. The molecule has 1 saturated heterocycles. The van der Waals surface area contributed by atoms with E-state index >= 15 is 0 Å². The first-order valence-corrected chi connectivity index (χ1v) is 8.52. The van der Waals surface area contributed by atoms with E-state index in [2.05, 4.69) is 5.32 Å². The van der Waals surface area contributed by atoms with Gasteiger partial charge in [-0.25, -0.2) is 0 Å². The Balaban J connectivity index is 2.22. The van der Waals surface area contributed by atoms with Gasteiger partial charge in [0.05, 0.1) is 18.8 Å². The molecule has 1 fully saturated rings. The molecular formula is C18H27N3O3. The summed E-state index contributed by atoms with van der Waals surface area (Å²) < 4.78 is 5.38. The van der Waals surface area contributed by atoms with Crippen molar-refractivity contribution in [1.29, 1.82) is 0 Å². The molecule has 2 amide bonds. The van der Waals surface area contributed by atoms with Crippen molar-refractivity contribution in [3.63, 3.8) is 0 Å². The molecule has 0 aromatic heterocycles. The SMILES string of the molecule is CCC(C)C(N)C(=O)Nc1ccc(OC)c(N2CCCCC2=O)c1. The van der Waals surface area contributed by atoms with Gasteiger partial charge in [0.15, 0.2) is 0 Å². The number of nitrogens with two attached hydrogens (primary N) is 1. The number of benzene rings is 1. The van der Waals surface area contributed by atoms with E-state index < -0.39 is 6.04 Å². The molecule has 2 rings (SSSR count). The molecule has 1 aromatic carbocycles. The number of carbonyl (C=O) groups is 2. The van der Waals surface area contributed by atoms with Crippen molar-refractivity contribution in [2.75, 3.05) is 23.9 Å². The Hall–Kier alpha value is -2.08. The molecule has 0 radical (unpaired) electrons. The summed E-state index contributed by atoms with van der Waals surface area (Å²) in [5, 5.41) is 2.85. The molecular weight excluding hydrogens is 306 g/mol. The van der Waals surface area contributed by atoms with Crippen LogP contribution in [0.1, 0.15) is 39.5 Å². The summed E-state index contributed by atoms with van der Waals surface area (Å²) >= 11 is 0. The topological polar surface area (TPSA) is 84.7 Å². The Morgan fingerprint density at radius 1 is 1.42 bits per heavy atom. The smallest absolute Gasteiger partial charge is 0.241 e. The fourth-order valence-electron chi connectivity index (χ4n) is 2.78. The summed E-state index contributed by atoms with van der Waals surface area (Å²) in [7, 11) is 1.57. The predicted octanol–water partition coefficient (Wildman–Crippen LogP) is 2.52. The Labute approximate surface area is 143 Å². The second kappa shape index (κ2) is 8.15. The number of hydrogen-bond donors (Lipinski definition) is 2. The standard InChI is InChI=1S/C18H27N3O3/c1-4-12(2)17(19)18(23)20-13-8-9-15(24-3)14(11-13)21-10-6-5-7-16(21)22/h8-9,11-12,17H,4-7,10,19H2,1-3H3,(H,20,23). The molecule has 6 nitrogen and oxygen atoms in total. The number of hydrogen-bond acceptors (Lipinski definition) is 4. The van der Waals surface area contributed by atoms with Crippen molar-refractivity contribution in [1.82, 2.24) is 0 Å². The number of rotatable bonds is 6. The van der Waals surface area contributed by atoms with Crippen LogP contribution in [0.2, 0.25) is 0 Å². The van der Waals surface area contributed by atoms with Crippen molar-refractivity contribution in [2.45, 2.75) is 45.6 Å². The Bertz CT molecular complexity index is 603. The molecule has 1 heterocycles. The van der Waals surface area contributed by atoms with E-state index in [0.29, 0.717) is 30.1 Å². The molecule has 0 saturated carbocycles. The van der Waals surface area contributed by atoms with Gasteiger partial charge in [-0.05, 0) is 37.0 Å². The number of nitrogens with one attached hydrogen (secondary N) is 1. The number of nitrogens with zero attached hydrogens (tertiary/aromatic N) is 1. The Morgan fingerprint density at radius 3 is 2.79 bits per heavy atom. The number of carbonyl (C=O) groups excluding carboxylic acids is 2. The molecule has 1 aliphatic heterocycles. The van der Waals surface area contributed by atoms with Gasteiger partial charge in [-0.1, -0.05) is 20.3 Å². The van der Waals surface area contributed by atoms with Gasteiger partial charge in [-0.3, -0.25) is 9.59 Å². The summed E-state index contributed by atoms with van der Waals surface area (Å²) in [4.78, 5) is 26.2. The zero-order chi connectivity index (χ0) is 17.7. The van der Waals surface area contributed by atoms with E-state index in [9.17, 15) is 9.59 Å². The summed E-state index contributed by atoms with van der Waals surface area (Å²) in [5.74, 6) is 0.589. The monoisotopic (exact) mass is 333 g/mol. The van der Waals surface area contributed by atoms with Gasteiger partial charge in [0.2, 0.25) is 11.8 Å². The third-order valence-corrected chi connectivity index (χ3v) is 4.62. The minimum atomic E-state index is -0.558. The van der Waals surface area contributed by atoms with Crippen LogP contribution < -0.4 is 20.7 Å². The molecule has 0 bridgehead atoms. The highest BCUT2D eigenvalue weighted by Crippen LogP contribution is 2.33. The molecule has 0 spiro atoms. The minimum Gasteiger partial charge on any atom is -0.495 e. The molecule has 2 atom stereocenters. The predicted molar refractivity (Wildman–Crippen MR) is 95.3 cm³/mol. The fourth-order valence-corrected chi connectivity index (χ4v) is 2.78. The lowest BCUT2D eigenvalue weighted by Crippen LogP contribution is -2.40. The fraction of sp³-hybridized carbons (Fsp3) is 0.556. The zero-order valence-corrected chi connectivity index (χ0v) is 14.7. The van der Waals surface area contributed by atoms with Gasteiger partial charge >= 0.3 is 0 Å². The highest BCUT2D eigenvalue weighted by molar-refractivity contribution is 5.98. The summed E-state index contributed by atoms with van der Waals surface area (Å²) in [6, 6.07) is 4.75. The molecule has 24 heavy (non-hydrogen) atoms. The van der Waals surface area contributed by atoms with Gasteiger partial charge in [0, 0.05) is 18.7 Å². The third-order valence-electron chi connectivity index (χ3n) is 4.62. The van der Waals surface area contributed by atoms with E-state index in [-0.39, 0.29) is 17.7 Å². The first-order chi connectivity index (χ1) is 11.5. The van der Waals surface area contributed by atoms with E-state index in [4.69, 9.17) is 10.5 Å². The lowest BCUT2D eigenvalue weighted by molar-refractivity contribution is -0.119. The number of methoxy groups -OCH3 is 1. The summed E-state index contributed by atoms with van der Waals surface area (Å²) in [5.41, 5.74) is 7.29. The quantitative estimate of drug-likeness (QED) is 0.838. The van der Waals surface area contributed by atoms with Crippen LogP contribution in [-0.4, -0.2) is 31.5 Å². The molecule has 132 valence electrons. The highest BCUT2D eigenvalue weighted by Gasteiger charge is 2.24. The van der Waals surface area contributed by atoms with E-state index in [1.165, 1.54) is 0 Å². The number of amides is 2. The van der Waals surface area contributed by atoms with Crippen LogP contribution in [0, 0.1) is 5.92 Å². The molecule has 0 aliphatic carbocycles. The molecule has 1 aromatic rings. The van der Waals surface area contributed by atoms with E-state index in [1.54, 1.807) is 30.2 Å². The summed E-state index contributed by atoms with van der Waals surface area (Å²) in [6.45, 7) is 4.63. The highest BCUT2D eigenvalue weighted by atomic mass is 16.5. The molecule has 6 heteroatoms. The zero-order valence-electron chi connectivity index (χ0n) is 14.7. The molecule has 2 unspecified atom stereocenters. The van der Waals surface area contributed by atoms with Crippen LogP contribution in [0.25, 0.3) is 0 Å². The average Bonchev–Trinajstić information content (AvgIpc) is 2.60. The first kappa shape index (κ1) is 18.3. The number of piperidine rings is 1. The maximum Gasteiger partial charge on any atom is 0.241 e.